The maximum atomic E-state index is 15.8. The predicted molar refractivity (Wildman–Crippen MR) is 265 cm³/mol. The van der Waals surface area contributed by atoms with Gasteiger partial charge in [-0.2, -0.15) is 9.97 Å². The van der Waals surface area contributed by atoms with Crippen LogP contribution in [0.5, 0.6) is 0 Å². The number of halogens is 2. The van der Waals surface area contributed by atoms with Crippen LogP contribution in [0.25, 0.3) is 11.0 Å². The molecule has 15 heteroatoms. The Labute approximate surface area is 398 Å². The first-order valence-corrected chi connectivity index (χ1v) is 26.9. The zero-order valence-corrected chi connectivity index (χ0v) is 39.9. The Hall–Kier alpha value is -5.41. The van der Waals surface area contributed by atoms with Gasteiger partial charge in [0.2, 0.25) is 16.0 Å². The van der Waals surface area contributed by atoms with Crippen molar-refractivity contribution >= 4 is 67.1 Å². The van der Waals surface area contributed by atoms with Crippen molar-refractivity contribution < 1.29 is 26.8 Å². The molecule has 68 heavy (non-hydrogen) atoms. The molecule has 5 aromatic rings. The number of nitrogens with zero attached hydrogens (tertiary/aromatic N) is 5. The molecule has 360 valence electrons. The SMILES string of the molecule is CS(=O)(=O)N1CCc2cccc(Nc3nc(Nc4ccc(N5CCC(CC6CCN(CCC7CCC(c8ccc(C9CCC(=O)CCC9=O)c(F)c8)CC7)CC6)CC5)c(F)c4)nc4[nH]ccc34)c21. The van der Waals surface area contributed by atoms with E-state index in [9.17, 15) is 18.0 Å². The van der Waals surface area contributed by atoms with Gasteiger partial charge in [-0.05, 0) is 173 Å². The molecule has 0 bridgehead atoms. The quantitative estimate of drug-likeness (QED) is 0.0976. The van der Waals surface area contributed by atoms with Crippen molar-refractivity contribution in [3.63, 3.8) is 0 Å². The summed E-state index contributed by atoms with van der Waals surface area (Å²) in [4.78, 5) is 41.9. The van der Waals surface area contributed by atoms with Crippen molar-refractivity contribution in [3.05, 3.63) is 95.2 Å². The van der Waals surface area contributed by atoms with Gasteiger partial charge in [0.1, 0.15) is 34.7 Å². The first kappa shape index (κ1) is 46.3. The zero-order chi connectivity index (χ0) is 46.9. The lowest BCUT2D eigenvalue weighted by molar-refractivity contribution is -0.122. The third-order valence-corrected chi connectivity index (χ3v) is 17.0. The number of hydrogen-bond acceptors (Lipinski definition) is 10. The molecular formula is C53H64F2N8O4S. The van der Waals surface area contributed by atoms with Gasteiger partial charge in [0.05, 0.1) is 28.7 Å². The van der Waals surface area contributed by atoms with Crippen LogP contribution in [0.15, 0.2) is 66.9 Å². The Morgan fingerprint density at radius 3 is 2.28 bits per heavy atom. The number of benzene rings is 3. The number of carbonyl (C=O) groups excluding carboxylic acids is 2. The summed E-state index contributed by atoms with van der Waals surface area (Å²) >= 11 is 0. The summed E-state index contributed by atoms with van der Waals surface area (Å²) in [6.07, 6.45) is 16.5. The Bertz CT molecular complexity index is 2760. The Kier molecular flexibility index (Phi) is 13.6. The standard InChI is InChI=1S/C53H64F2N8O4S/c1-68(66,67)63-30-23-38-3-2-4-47(50(38)63)58-52-44-17-24-56-51(44)59-53(60-52)57-40-10-15-48(46(55)33-40)62-28-21-36(22-29-62)31-35-19-26-61(27-20-35)25-18-34-5-7-37(8-6-34)39-9-13-42(45(54)32-39)43-14-11-41(64)12-16-49(43)65/h2-4,9-10,13,15,17,24,32-37,43H,5-8,11-12,14,16,18-23,25-31H2,1H3,(H3,56,57,58,59,60). The smallest absolute Gasteiger partial charge is 0.232 e. The highest BCUT2D eigenvalue weighted by Gasteiger charge is 2.32. The van der Waals surface area contributed by atoms with E-state index < -0.39 is 15.9 Å². The number of ketones is 2. The normalized spacial score (nSPS) is 22.4. The largest absolute Gasteiger partial charge is 0.369 e. The number of aromatic nitrogens is 3. The van der Waals surface area contributed by atoms with Gasteiger partial charge in [0.15, 0.2) is 0 Å². The lowest BCUT2D eigenvalue weighted by atomic mass is 9.77. The van der Waals surface area contributed by atoms with Crippen LogP contribution < -0.4 is 19.8 Å². The van der Waals surface area contributed by atoms with E-state index in [2.05, 4.69) is 30.4 Å². The second-order valence-corrected chi connectivity index (χ2v) is 22.2. The van der Waals surface area contributed by atoms with Crippen molar-refractivity contribution in [2.75, 3.05) is 65.4 Å². The molecule has 12 nitrogen and oxygen atoms in total. The van der Waals surface area contributed by atoms with Gasteiger partial charge in [0.25, 0.3) is 0 Å². The van der Waals surface area contributed by atoms with Crippen molar-refractivity contribution in [1.82, 2.24) is 19.9 Å². The number of sulfonamides is 1. The van der Waals surface area contributed by atoms with E-state index in [1.165, 1.54) is 55.2 Å². The highest BCUT2D eigenvalue weighted by Crippen LogP contribution is 2.42. The molecular weight excluding hydrogens is 883 g/mol. The van der Waals surface area contributed by atoms with Crippen LogP contribution in [0.3, 0.4) is 0 Å². The monoisotopic (exact) mass is 946 g/mol. The molecule has 2 aliphatic carbocycles. The Morgan fingerprint density at radius 1 is 0.750 bits per heavy atom. The fourth-order valence-corrected chi connectivity index (χ4v) is 12.9. The summed E-state index contributed by atoms with van der Waals surface area (Å²) < 4.78 is 57.8. The molecule has 1 unspecified atom stereocenters. The van der Waals surface area contributed by atoms with E-state index in [4.69, 9.17) is 4.98 Å². The van der Waals surface area contributed by atoms with E-state index in [1.54, 1.807) is 12.3 Å². The van der Waals surface area contributed by atoms with Crippen molar-refractivity contribution in [2.45, 2.75) is 108 Å². The summed E-state index contributed by atoms with van der Waals surface area (Å²) in [6.45, 7) is 5.53. The highest BCUT2D eigenvalue weighted by atomic mass is 32.2. The predicted octanol–water partition coefficient (Wildman–Crippen LogP) is 10.5. The number of rotatable bonds is 13. The highest BCUT2D eigenvalue weighted by molar-refractivity contribution is 7.92. The summed E-state index contributed by atoms with van der Waals surface area (Å²) in [6, 6.07) is 18.3. The van der Waals surface area contributed by atoms with Gasteiger partial charge >= 0.3 is 0 Å². The minimum absolute atomic E-state index is 0.0105. The summed E-state index contributed by atoms with van der Waals surface area (Å²) in [5.74, 6) is 2.26. The van der Waals surface area contributed by atoms with Crippen molar-refractivity contribution in [3.8, 4) is 0 Å². The van der Waals surface area contributed by atoms with E-state index in [-0.39, 0.29) is 42.0 Å². The first-order valence-electron chi connectivity index (χ1n) is 25.0. The molecule has 1 atom stereocenters. The average Bonchev–Trinajstić information content (AvgIpc) is 3.97. The topological polar surface area (TPSA) is 144 Å². The molecule has 4 fully saturated rings. The van der Waals surface area contributed by atoms with Crippen LogP contribution in [-0.4, -0.2) is 85.4 Å². The van der Waals surface area contributed by atoms with Crippen LogP contribution in [-0.2, 0) is 26.0 Å². The lowest BCUT2D eigenvalue weighted by Crippen LogP contribution is -2.38. The van der Waals surface area contributed by atoms with Gasteiger partial charge in [-0.15, -0.1) is 0 Å². The summed E-state index contributed by atoms with van der Waals surface area (Å²) in [5.41, 5.74) is 5.44. The van der Waals surface area contributed by atoms with Crippen LogP contribution in [0.4, 0.5) is 43.3 Å². The maximum absolute atomic E-state index is 15.8. The minimum atomic E-state index is -3.47. The second-order valence-electron chi connectivity index (χ2n) is 20.3. The van der Waals surface area contributed by atoms with E-state index in [0.29, 0.717) is 83.3 Å². The first-order chi connectivity index (χ1) is 32.9. The zero-order valence-electron chi connectivity index (χ0n) is 39.1. The van der Waals surface area contributed by atoms with Gasteiger partial charge in [0, 0.05) is 56.7 Å². The summed E-state index contributed by atoms with van der Waals surface area (Å²) in [5, 5.41) is 7.30. The minimum Gasteiger partial charge on any atom is -0.369 e. The van der Waals surface area contributed by atoms with Gasteiger partial charge < -0.3 is 25.4 Å². The molecule has 0 radical (unpaired) electrons. The van der Waals surface area contributed by atoms with E-state index in [0.717, 1.165) is 80.8 Å². The molecule has 5 aliphatic rings. The third kappa shape index (κ3) is 10.3. The van der Waals surface area contributed by atoms with Crippen LogP contribution in [0.2, 0.25) is 0 Å². The molecule has 2 saturated heterocycles. The van der Waals surface area contributed by atoms with Gasteiger partial charge in [-0.1, -0.05) is 24.3 Å². The molecule has 3 N–H and O–H groups in total. The molecule has 2 aromatic heterocycles. The third-order valence-electron chi connectivity index (χ3n) is 15.9. The fourth-order valence-electron chi connectivity index (χ4n) is 12.0. The van der Waals surface area contributed by atoms with Gasteiger partial charge in [-0.25, -0.2) is 17.2 Å². The van der Waals surface area contributed by atoms with Crippen LogP contribution in [0, 0.1) is 29.4 Å². The van der Waals surface area contributed by atoms with Crippen LogP contribution >= 0.6 is 0 Å². The second kappa shape index (κ2) is 19.9. The van der Waals surface area contributed by atoms with Crippen molar-refractivity contribution in [1.29, 1.82) is 0 Å². The number of hydrogen-bond donors (Lipinski definition) is 3. The lowest BCUT2D eigenvalue weighted by Gasteiger charge is -2.38. The molecule has 3 aliphatic heterocycles. The fraction of sp³-hybridized carbons (Fsp3) is 0.509. The number of nitrogens with one attached hydrogen (secondary N) is 3. The molecule has 0 amide bonds. The number of Topliss-reactive ketones (excluding diaryl/α,β-unsaturated/α-hetero) is 2. The molecule has 3 aromatic carbocycles. The number of aromatic amines is 1. The molecule has 2 saturated carbocycles. The molecule has 0 spiro atoms. The number of likely N-dealkylation sites (tertiary alicyclic amines) is 1. The van der Waals surface area contributed by atoms with E-state index in [1.807, 2.05) is 48.5 Å². The van der Waals surface area contributed by atoms with Gasteiger partial charge in [-0.3, -0.25) is 13.9 Å². The number of fused-ring (bicyclic) bond motifs is 2. The number of H-pyrrole nitrogens is 1. The van der Waals surface area contributed by atoms with E-state index >= 15 is 8.78 Å². The number of para-hydroxylation sites is 1. The van der Waals surface area contributed by atoms with Crippen molar-refractivity contribution in [2.24, 2.45) is 17.8 Å². The Balaban J connectivity index is 0.658. The Morgan fingerprint density at radius 2 is 1.53 bits per heavy atom. The summed E-state index contributed by atoms with van der Waals surface area (Å²) in [7, 11) is -3.47. The average molecular weight is 947 g/mol. The number of piperidine rings is 2. The molecule has 10 rings (SSSR count). The maximum Gasteiger partial charge on any atom is 0.232 e. The molecule has 5 heterocycles. The van der Waals surface area contributed by atoms with Crippen LogP contribution in [0.1, 0.15) is 118 Å². The number of carbonyl (C=O) groups is 2. The number of anilines is 6.